The number of piperidine rings is 1. The van der Waals surface area contributed by atoms with E-state index in [1.807, 2.05) is 39.6 Å². The molecule has 1 fully saturated rings. The van der Waals surface area contributed by atoms with Crippen LogP contribution in [0.15, 0.2) is 0 Å². The van der Waals surface area contributed by atoms with Crippen molar-refractivity contribution in [1.29, 1.82) is 5.26 Å². The predicted molar refractivity (Wildman–Crippen MR) is 135 cm³/mol. The molecule has 1 rings (SSSR count). The average molecular weight is 548 g/mol. The minimum Gasteiger partial charge on any atom is -0.351 e. The van der Waals surface area contributed by atoms with Crippen molar-refractivity contribution in [3.8, 4) is 6.07 Å². The summed E-state index contributed by atoms with van der Waals surface area (Å²) < 4.78 is 38.6. The van der Waals surface area contributed by atoms with Gasteiger partial charge >= 0.3 is 12.1 Å². The zero-order valence-corrected chi connectivity index (χ0v) is 23.9. The van der Waals surface area contributed by atoms with Crippen molar-refractivity contribution in [2.75, 3.05) is 0 Å². The SMILES string of the molecule is CC1(C)CCC(CC(C#N)NC(=O)C(C[Si](C)(C)C)NC(=O)C(NC(=O)C(F)(F)F)C(C)(C)C)C(=O)N1. The van der Waals surface area contributed by atoms with Crippen molar-refractivity contribution in [1.82, 2.24) is 21.3 Å². The summed E-state index contributed by atoms with van der Waals surface area (Å²) in [6, 6.07) is -1.48. The number of nitriles is 1. The van der Waals surface area contributed by atoms with Crippen LogP contribution in [-0.4, -0.2) is 61.5 Å². The fourth-order valence-electron chi connectivity index (χ4n) is 4.05. The lowest BCUT2D eigenvalue weighted by Crippen LogP contribution is -2.60. The molecule has 0 aromatic carbocycles. The van der Waals surface area contributed by atoms with Gasteiger partial charge < -0.3 is 21.3 Å². The van der Waals surface area contributed by atoms with Gasteiger partial charge in [0.2, 0.25) is 17.7 Å². The Kier molecular flexibility index (Phi) is 10.4. The quantitative estimate of drug-likeness (QED) is 0.329. The van der Waals surface area contributed by atoms with Crippen molar-refractivity contribution >= 4 is 31.7 Å². The molecule has 1 saturated heterocycles. The van der Waals surface area contributed by atoms with Crippen LogP contribution in [0.1, 0.15) is 53.9 Å². The van der Waals surface area contributed by atoms with E-state index in [0.717, 1.165) is 0 Å². The number of carbonyl (C=O) groups excluding carboxylic acids is 4. The highest BCUT2D eigenvalue weighted by Gasteiger charge is 2.44. The molecule has 0 aromatic heterocycles. The van der Waals surface area contributed by atoms with Crippen molar-refractivity contribution in [3.05, 3.63) is 0 Å². The largest absolute Gasteiger partial charge is 0.471 e. The number of amides is 4. The van der Waals surface area contributed by atoms with Crippen LogP contribution in [0.4, 0.5) is 13.2 Å². The molecular formula is C24H40F3N5O4Si. The summed E-state index contributed by atoms with van der Waals surface area (Å²) in [5.41, 5.74) is -1.45. The molecule has 0 spiro atoms. The second-order valence-corrected chi connectivity index (χ2v) is 18.2. The first-order valence-electron chi connectivity index (χ1n) is 12.3. The smallest absolute Gasteiger partial charge is 0.351 e. The Bertz CT molecular complexity index is 919. The van der Waals surface area contributed by atoms with Gasteiger partial charge in [0.25, 0.3) is 0 Å². The van der Waals surface area contributed by atoms with E-state index in [0.29, 0.717) is 12.8 Å². The van der Waals surface area contributed by atoms with Gasteiger partial charge in [-0.05, 0) is 44.6 Å². The van der Waals surface area contributed by atoms with Gasteiger partial charge in [-0.1, -0.05) is 40.4 Å². The third kappa shape index (κ3) is 10.7. The second kappa shape index (κ2) is 11.8. The predicted octanol–water partition coefficient (Wildman–Crippen LogP) is 2.61. The van der Waals surface area contributed by atoms with Crippen molar-refractivity contribution in [2.45, 2.75) is 109 Å². The number of hydrogen-bond donors (Lipinski definition) is 4. The van der Waals surface area contributed by atoms with Gasteiger partial charge in [0, 0.05) is 19.5 Å². The molecular weight excluding hydrogens is 507 g/mol. The Morgan fingerprint density at radius 3 is 2.11 bits per heavy atom. The van der Waals surface area contributed by atoms with Crippen LogP contribution in [0, 0.1) is 22.7 Å². The van der Waals surface area contributed by atoms with Crippen LogP contribution >= 0.6 is 0 Å². The Morgan fingerprint density at radius 2 is 1.68 bits per heavy atom. The van der Waals surface area contributed by atoms with Crippen molar-refractivity contribution in [2.24, 2.45) is 11.3 Å². The van der Waals surface area contributed by atoms with Gasteiger partial charge in [-0.3, -0.25) is 19.2 Å². The number of rotatable bonds is 9. The third-order valence-corrected chi connectivity index (χ3v) is 7.69. The molecule has 4 N–H and O–H groups in total. The monoisotopic (exact) mass is 547 g/mol. The summed E-state index contributed by atoms with van der Waals surface area (Å²) in [5.74, 6) is -4.54. The number of carbonyl (C=O) groups is 4. The summed E-state index contributed by atoms with van der Waals surface area (Å²) >= 11 is 0. The molecule has 4 unspecified atom stereocenters. The fraction of sp³-hybridized carbons (Fsp3) is 0.792. The average Bonchev–Trinajstić information content (AvgIpc) is 2.69. The first-order chi connectivity index (χ1) is 16.6. The highest BCUT2D eigenvalue weighted by atomic mass is 28.3. The van der Waals surface area contributed by atoms with E-state index in [4.69, 9.17) is 0 Å². The maximum Gasteiger partial charge on any atom is 0.471 e. The maximum absolute atomic E-state index is 13.2. The number of hydrogen-bond acceptors (Lipinski definition) is 5. The lowest BCUT2D eigenvalue weighted by atomic mass is 9.83. The molecule has 1 heterocycles. The van der Waals surface area contributed by atoms with E-state index in [1.165, 1.54) is 20.8 Å². The molecule has 4 atom stereocenters. The summed E-state index contributed by atoms with van der Waals surface area (Å²) in [6.07, 6.45) is -3.83. The summed E-state index contributed by atoms with van der Waals surface area (Å²) in [7, 11) is -2.01. The highest BCUT2D eigenvalue weighted by molar-refractivity contribution is 6.76. The van der Waals surface area contributed by atoms with Gasteiger partial charge in [-0.25, -0.2) is 0 Å². The Hall–Kier alpha value is -2.62. The van der Waals surface area contributed by atoms with Crippen LogP contribution in [0.2, 0.25) is 25.7 Å². The highest BCUT2D eigenvalue weighted by Crippen LogP contribution is 2.26. The molecule has 4 amide bonds. The first kappa shape index (κ1) is 32.4. The zero-order valence-electron chi connectivity index (χ0n) is 22.9. The van der Waals surface area contributed by atoms with Gasteiger partial charge in [-0.2, -0.15) is 18.4 Å². The molecule has 0 bridgehead atoms. The normalized spacial score (nSPS) is 20.5. The second-order valence-electron chi connectivity index (χ2n) is 12.6. The van der Waals surface area contributed by atoms with E-state index in [2.05, 4.69) is 16.0 Å². The first-order valence-corrected chi connectivity index (χ1v) is 16.0. The number of nitrogens with zero attached hydrogens (tertiary/aromatic N) is 1. The molecule has 210 valence electrons. The Balaban J connectivity index is 3.06. The van der Waals surface area contributed by atoms with Gasteiger partial charge in [0.05, 0.1) is 6.07 Å². The molecule has 0 saturated carbocycles. The number of alkyl halides is 3. The molecule has 37 heavy (non-hydrogen) atoms. The molecule has 0 aliphatic carbocycles. The Morgan fingerprint density at radius 1 is 1.11 bits per heavy atom. The van der Waals surface area contributed by atoms with Crippen LogP contribution < -0.4 is 21.3 Å². The van der Waals surface area contributed by atoms with Gasteiger partial charge in [0.1, 0.15) is 18.1 Å². The van der Waals surface area contributed by atoms with Crippen LogP contribution in [-0.2, 0) is 19.2 Å². The van der Waals surface area contributed by atoms with Gasteiger partial charge in [-0.15, -0.1) is 0 Å². The Labute approximate surface area is 217 Å². The number of nitrogens with one attached hydrogen (secondary N) is 4. The zero-order chi connectivity index (χ0) is 29.0. The van der Waals surface area contributed by atoms with E-state index in [-0.39, 0.29) is 23.9 Å². The van der Waals surface area contributed by atoms with E-state index in [1.54, 1.807) is 5.32 Å². The lowest BCUT2D eigenvalue weighted by molar-refractivity contribution is -0.175. The molecule has 0 radical (unpaired) electrons. The van der Waals surface area contributed by atoms with E-state index in [9.17, 15) is 37.6 Å². The minimum atomic E-state index is -5.18. The van der Waals surface area contributed by atoms with E-state index >= 15 is 0 Å². The van der Waals surface area contributed by atoms with Crippen LogP contribution in [0.5, 0.6) is 0 Å². The standard InChI is InChI=1S/C24H40F3N5O4Si/c1-22(2,3)17(31-21(36)24(25,26)27)20(35)30-16(13-37(6,7)8)19(34)29-15(12-28)11-14-9-10-23(4,5)32-18(14)33/h14-17H,9-11,13H2,1-8H3,(H,29,34)(H,30,35)(H,31,36)(H,32,33). The molecule has 1 aliphatic heterocycles. The van der Waals surface area contributed by atoms with Crippen LogP contribution in [0.25, 0.3) is 0 Å². The van der Waals surface area contributed by atoms with Gasteiger partial charge in [0.15, 0.2) is 0 Å². The summed E-state index contributed by atoms with van der Waals surface area (Å²) in [4.78, 5) is 50.2. The molecule has 9 nitrogen and oxygen atoms in total. The maximum atomic E-state index is 13.2. The fourth-order valence-corrected chi connectivity index (χ4v) is 5.57. The summed E-state index contributed by atoms with van der Waals surface area (Å²) in [5, 5.41) is 19.3. The molecule has 13 heteroatoms. The van der Waals surface area contributed by atoms with Crippen molar-refractivity contribution < 1.29 is 32.3 Å². The molecule has 1 aliphatic rings. The third-order valence-electron chi connectivity index (χ3n) is 6.05. The lowest BCUT2D eigenvalue weighted by Gasteiger charge is -2.36. The number of halogens is 3. The van der Waals surface area contributed by atoms with Crippen LogP contribution in [0.3, 0.4) is 0 Å². The summed E-state index contributed by atoms with van der Waals surface area (Å²) in [6.45, 7) is 14.1. The van der Waals surface area contributed by atoms with Crippen molar-refractivity contribution in [3.63, 3.8) is 0 Å². The topological polar surface area (TPSA) is 140 Å². The molecule has 0 aromatic rings. The van der Waals surface area contributed by atoms with E-state index < -0.39 is 61.4 Å². The minimum absolute atomic E-state index is 0.0873.